The van der Waals surface area contributed by atoms with E-state index in [2.05, 4.69) is 15.3 Å². The van der Waals surface area contributed by atoms with Crippen molar-refractivity contribution in [2.75, 3.05) is 45.1 Å². The number of nitrogens with zero attached hydrogens (tertiary/aromatic N) is 3. The number of nitrogens with two attached hydrogens (primary N) is 1. The second kappa shape index (κ2) is 6.71. The van der Waals surface area contributed by atoms with Gasteiger partial charge in [0.15, 0.2) is 0 Å². The van der Waals surface area contributed by atoms with Crippen molar-refractivity contribution in [1.29, 1.82) is 0 Å². The van der Waals surface area contributed by atoms with Gasteiger partial charge in [0.1, 0.15) is 5.69 Å². The number of ether oxygens (including phenoxy) is 1. The quantitative estimate of drug-likeness (QED) is 0.800. The summed E-state index contributed by atoms with van der Waals surface area (Å²) in [6.45, 7) is 8.73. The van der Waals surface area contributed by atoms with Crippen molar-refractivity contribution in [3.05, 3.63) is 11.9 Å². The van der Waals surface area contributed by atoms with Crippen molar-refractivity contribution in [3.8, 4) is 0 Å². The molecule has 7 nitrogen and oxygen atoms in total. The van der Waals surface area contributed by atoms with Crippen LogP contribution in [-0.2, 0) is 4.74 Å². The van der Waals surface area contributed by atoms with E-state index in [-0.39, 0.29) is 11.9 Å². The molecule has 0 spiro atoms. The summed E-state index contributed by atoms with van der Waals surface area (Å²) in [5.41, 5.74) is 6.69. The van der Waals surface area contributed by atoms with Gasteiger partial charge in [0.25, 0.3) is 5.91 Å². The monoisotopic (exact) mass is 281 g/mol. The number of aromatic nitrogens is 2. The molecule has 7 heteroatoms. The Labute approximate surface area is 119 Å². The van der Waals surface area contributed by atoms with Gasteiger partial charge in [0.05, 0.1) is 25.1 Å². The third kappa shape index (κ3) is 3.49. The zero-order valence-electron chi connectivity index (χ0n) is 12.1. The molecule has 0 aliphatic carbocycles. The lowest BCUT2D eigenvalue weighted by Crippen LogP contribution is -2.41. The third-order valence-electron chi connectivity index (χ3n) is 3.35. The summed E-state index contributed by atoms with van der Waals surface area (Å²) in [4.78, 5) is 14.5. The Morgan fingerprint density at radius 1 is 1.50 bits per heavy atom. The predicted octanol–water partition coefficient (Wildman–Crippen LogP) is 0.108. The Balaban J connectivity index is 1.87. The Morgan fingerprint density at radius 2 is 2.20 bits per heavy atom. The standard InChI is InChI=1S/C13H23N5O2/c1-10(2)18-12(11(14)9-16-18)13(19)15-3-4-17-5-7-20-8-6-17/h9-10H,3-8,14H2,1-2H3,(H,15,19). The smallest absolute Gasteiger partial charge is 0.271 e. The van der Waals surface area contributed by atoms with Crippen molar-refractivity contribution in [2.24, 2.45) is 0 Å². The van der Waals surface area contributed by atoms with Gasteiger partial charge < -0.3 is 15.8 Å². The Kier molecular flexibility index (Phi) is 4.97. The van der Waals surface area contributed by atoms with Gasteiger partial charge in [-0.3, -0.25) is 14.4 Å². The van der Waals surface area contributed by atoms with Crippen molar-refractivity contribution < 1.29 is 9.53 Å². The van der Waals surface area contributed by atoms with Gasteiger partial charge in [-0.1, -0.05) is 0 Å². The molecule has 1 aromatic heterocycles. The molecule has 1 aliphatic rings. The normalized spacial score (nSPS) is 16.6. The third-order valence-corrected chi connectivity index (χ3v) is 3.35. The summed E-state index contributed by atoms with van der Waals surface area (Å²) in [7, 11) is 0. The van der Waals surface area contributed by atoms with E-state index < -0.39 is 0 Å². The van der Waals surface area contributed by atoms with Gasteiger partial charge in [-0.15, -0.1) is 0 Å². The molecule has 0 saturated carbocycles. The first-order chi connectivity index (χ1) is 9.59. The zero-order valence-corrected chi connectivity index (χ0v) is 12.1. The first kappa shape index (κ1) is 14.8. The van der Waals surface area contributed by atoms with E-state index in [1.54, 1.807) is 4.68 Å². The van der Waals surface area contributed by atoms with E-state index >= 15 is 0 Å². The lowest BCUT2D eigenvalue weighted by Gasteiger charge is -2.26. The number of morpholine rings is 1. The Morgan fingerprint density at radius 3 is 2.85 bits per heavy atom. The fraction of sp³-hybridized carbons (Fsp3) is 0.692. The molecule has 1 aliphatic heterocycles. The number of nitrogen functional groups attached to an aromatic ring is 1. The van der Waals surface area contributed by atoms with Gasteiger partial charge in [-0.25, -0.2) is 0 Å². The molecule has 2 rings (SSSR count). The fourth-order valence-electron chi connectivity index (χ4n) is 2.24. The van der Waals surface area contributed by atoms with E-state index in [0.717, 1.165) is 32.8 Å². The summed E-state index contributed by atoms with van der Waals surface area (Å²) in [6, 6.07) is 0.104. The molecule has 1 aromatic rings. The number of anilines is 1. The highest BCUT2D eigenvalue weighted by molar-refractivity contribution is 5.97. The largest absolute Gasteiger partial charge is 0.396 e. The maximum atomic E-state index is 12.2. The minimum atomic E-state index is -0.165. The topological polar surface area (TPSA) is 85.4 Å². The lowest BCUT2D eigenvalue weighted by atomic mass is 10.3. The average Bonchev–Trinajstić information content (AvgIpc) is 2.82. The molecule has 0 radical (unpaired) electrons. The molecule has 2 heterocycles. The molecule has 1 fully saturated rings. The van der Waals surface area contributed by atoms with Gasteiger partial charge in [-0.05, 0) is 13.8 Å². The molecular weight excluding hydrogens is 258 g/mol. The van der Waals surface area contributed by atoms with E-state index in [9.17, 15) is 4.79 Å². The van der Waals surface area contributed by atoms with Crippen LogP contribution in [0.25, 0.3) is 0 Å². The maximum Gasteiger partial charge on any atom is 0.271 e. The number of hydrogen-bond acceptors (Lipinski definition) is 5. The minimum Gasteiger partial charge on any atom is -0.396 e. The number of carbonyl (C=O) groups excluding carboxylic acids is 1. The van der Waals surface area contributed by atoms with Crippen molar-refractivity contribution in [2.45, 2.75) is 19.9 Å². The van der Waals surface area contributed by atoms with Crippen LogP contribution in [0.2, 0.25) is 0 Å². The lowest BCUT2D eigenvalue weighted by molar-refractivity contribution is 0.0383. The highest BCUT2D eigenvalue weighted by Gasteiger charge is 2.18. The van der Waals surface area contributed by atoms with Gasteiger partial charge in [0.2, 0.25) is 0 Å². The Hall–Kier alpha value is -1.60. The van der Waals surface area contributed by atoms with Crippen LogP contribution < -0.4 is 11.1 Å². The van der Waals surface area contributed by atoms with Crippen LogP contribution in [0.15, 0.2) is 6.20 Å². The first-order valence-corrected chi connectivity index (χ1v) is 7.01. The van der Waals surface area contributed by atoms with Gasteiger partial charge in [0, 0.05) is 32.2 Å². The Bertz CT molecular complexity index is 452. The van der Waals surface area contributed by atoms with Gasteiger partial charge in [-0.2, -0.15) is 5.10 Å². The van der Waals surface area contributed by atoms with Crippen LogP contribution in [0.3, 0.4) is 0 Å². The number of hydrogen-bond donors (Lipinski definition) is 2. The number of nitrogens with one attached hydrogen (secondary N) is 1. The maximum absolute atomic E-state index is 12.2. The van der Waals surface area contributed by atoms with E-state index in [0.29, 0.717) is 17.9 Å². The zero-order chi connectivity index (χ0) is 14.5. The molecule has 1 amide bonds. The highest BCUT2D eigenvalue weighted by Crippen LogP contribution is 2.15. The van der Waals surface area contributed by atoms with Gasteiger partial charge >= 0.3 is 0 Å². The second-order valence-corrected chi connectivity index (χ2v) is 5.20. The van der Waals surface area contributed by atoms with Crippen molar-refractivity contribution in [3.63, 3.8) is 0 Å². The van der Waals surface area contributed by atoms with E-state index in [1.807, 2.05) is 13.8 Å². The molecule has 112 valence electrons. The van der Waals surface area contributed by atoms with Crippen molar-refractivity contribution >= 4 is 11.6 Å². The van der Waals surface area contributed by atoms with Crippen LogP contribution in [0.4, 0.5) is 5.69 Å². The number of amides is 1. The second-order valence-electron chi connectivity index (χ2n) is 5.20. The SMILES string of the molecule is CC(C)n1ncc(N)c1C(=O)NCCN1CCOCC1. The van der Waals surface area contributed by atoms with Crippen LogP contribution in [-0.4, -0.2) is 60.0 Å². The summed E-state index contributed by atoms with van der Waals surface area (Å²) in [5.74, 6) is -0.165. The predicted molar refractivity (Wildman–Crippen MR) is 76.6 cm³/mol. The van der Waals surface area contributed by atoms with Crippen LogP contribution in [0, 0.1) is 0 Å². The molecule has 0 unspecified atom stereocenters. The average molecular weight is 281 g/mol. The van der Waals surface area contributed by atoms with E-state index in [1.165, 1.54) is 6.20 Å². The fourth-order valence-corrected chi connectivity index (χ4v) is 2.24. The first-order valence-electron chi connectivity index (χ1n) is 7.01. The molecule has 0 atom stereocenters. The summed E-state index contributed by atoms with van der Waals surface area (Å²) in [6.07, 6.45) is 1.52. The molecule has 20 heavy (non-hydrogen) atoms. The molecule has 1 saturated heterocycles. The van der Waals surface area contributed by atoms with Crippen LogP contribution in [0.1, 0.15) is 30.4 Å². The number of rotatable bonds is 5. The number of carbonyl (C=O) groups is 1. The summed E-state index contributed by atoms with van der Waals surface area (Å²) in [5, 5.41) is 7.04. The summed E-state index contributed by atoms with van der Waals surface area (Å²) < 4.78 is 6.94. The van der Waals surface area contributed by atoms with Crippen LogP contribution >= 0.6 is 0 Å². The van der Waals surface area contributed by atoms with Crippen molar-refractivity contribution in [1.82, 2.24) is 20.0 Å². The van der Waals surface area contributed by atoms with E-state index in [4.69, 9.17) is 10.5 Å². The summed E-state index contributed by atoms with van der Waals surface area (Å²) >= 11 is 0. The highest BCUT2D eigenvalue weighted by atomic mass is 16.5. The molecule has 0 aromatic carbocycles. The molecule has 0 bridgehead atoms. The minimum absolute atomic E-state index is 0.104. The molecule has 3 N–H and O–H groups in total. The van der Waals surface area contributed by atoms with Crippen LogP contribution in [0.5, 0.6) is 0 Å². The molecular formula is C13H23N5O2.